The van der Waals surface area contributed by atoms with Crippen LogP contribution in [0.2, 0.25) is 0 Å². The summed E-state index contributed by atoms with van der Waals surface area (Å²) in [5, 5.41) is 0. The van der Waals surface area contributed by atoms with E-state index in [9.17, 15) is 0 Å². The second-order valence-corrected chi connectivity index (χ2v) is 15.0. The molecule has 0 bridgehead atoms. The molecule has 0 atom stereocenters. The Morgan fingerprint density at radius 1 is 0.391 bits per heavy atom. The number of para-hydroxylation sites is 1. The molecule has 3 aliphatic carbocycles. The monoisotopic (exact) mass is 593 g/mol. The van der Waals surface area contributed by atoms with Gasteiger partial charge in [0.15, 0.2) is 0 Å². The fourth-order valence-corrected chi connectivity index (χ4v) is 9.27. The van der Waals surface area contributed by atoms with Crippen LogP contribution in [0.3, 0.4) is 0 Å². The van der Waals surface area contributed by atoms with Gasteiger partial charge in [0.05, 0.1) is 11.4 Å². The van der Waals surface area contributed by atoms with Gasteiger partial charge in [-0.05, 0) is 85.5 Å². The lowest BCUT2D eigenvalue weighted by atomic mass is 9.75. The van der Waals surface area contributed by atoms with E-state index in [1.807, 2.05) is 0 Å². The normalized spacial score (nSPS) is 16.6. The van der Waals surface area contributed by atoms with Crippen LogP contribution < -0.4 is 4.90 Å². The highest BCUT2D eigenvalue weighted by Gasteiger charge is 2.47. The maximum atomic E-state index is 2.63. The Labute approximate surface area is 273 Å². The second-order valence-electron chi connectivity index (χ2n) is 15.0. The van der Waals surface area contributed by atoms with Crippen molar-refractivity contribution in [2.45, 2.75) is 57.8 Å². The van der Waals surface area contributed by atoms with E-state index in [-0.39, 0.29) is 16.2 Å². The Morgan fingerprint density at radius 3 is 1.41 bits per heavy atom. The molecule has 1 heteroatoms. The fourth-order valence-electron chi connectivity index (χ4n) is 9.27. The largest absolute Gasteiger partial charge is 0.309 e. The SMILES string of the molecule is CC1(C)c2ccccc2-c2c(N(c3ccccc3)c3c4c(cc5c3C(C)(C)c3ccccc3-5)-c3ccccc3C4(C)C)cccc21. The lowest BCUT2D eigenvalue weighted by Gasteiger charge is -2.38. The summed E-state index contributed by atoms with van der Waals surface area (Å²) in [5.74, 6) is 0. The van der Waals surface area contributed by atoms with Gasteiger partial charge in [0.1, 0.15) is 0 Å². The van der Waals surface area contributed by atoms with Crippen molar-refractivity contribution in [1.29, 1.82) is 0 Å². The van der Waals surface area contributed by atoms with Crippen LogP contribution in [0.1, 0.15) is 74.9 Å². The molecule has 0 N–H and O–H groups in total. The molecule has 0 saturated heterocycles. The molecule has 0 heterocycles. The molecule has 9 rings (SSSR count). The predicted molar refractivity (Wildman–Crippen MR) is 194 cm³/mol. The van der Waals surface area contributed by atoms with Gasteiger partial charge in [-0.1, -0.05) is 145 Å². The molecule has 0 fully saturated rings. The van der Waals surface area contributed by atoms with Gasteiger partial charge in [0, 0.05) is 27.5 Å². The van der Waals surface area contributed by atoms with Crippen LogP contribution in [0, 0.1) is 0 Å². The van der Waals surface area contributed by atoms with Crippen molar-refractivity contribution in [2.75, 3.05) is 4.90 Å². The zero-order valence-electron chi connectivity index (χ0n) is 27.6. The Kier molecular flexibility index (Phi) is 5.43. The standard InChI is InChI=1S/C45H39N/c1-43(2)36-24-15-12-21-31(36)39-37(43)25-16-26-38(39)46(28-17-8-7-9-18-28)42-40-32(29-19-10-13-22-34(29)44(40,3)4)27-33-30-20-11-14-23-35(30)45(5,6)41(33)42/h7-27H,1-6H3. The molecule has 0 aromatic heterocycles. The molecule has 224 valence electrons. The first-order chi connectivity index (χ1) is 22.1. The Hall–Kier alpha value is -4.88. The van der Waals surface area contributed by atoms with Crippen LogP contribution in [0.4, 0.5) is 17.1 Å². The number of hydrogen-bond donors (Lipinski definition) is 0. The maximum absolute atomic E-state index is 2.63. The van der Waals surface area contributed by atoms with Crippen LogP contribution in [-0.2, 0) is 16.2 Å². The van der Waals surface area contributed by atoms with Crippen molar-refractivity contribution in [3.8, 4) is 33.4 Å². The van der Waals surface area contributed by atoms with Crippen LogP contribution in [0.15, 0.2) is 127 Å². The summed E-state index contributed by atoms with van der Waals surface area (Å²) in [5.41, 5.74) is 19.8. The predicted octanol–water partition coefficient (Wildman–Crippen LogP) is 12.1. The molecule has 6 aromatic carbocycles. The zero-order chi connectivity index (χ0) is 31.6. The number of fused-ring (bicyclic) bond motifs is 9. The highest BCUT2D eigenvalue weighted by molar-refractivity contribution is 6.03. The van der Waals surface area contributed by atoms with Gasteiger partial charge in [0.2, 0.25) is 0 Å². The van der Waals surface area contributed by atoms with E-state index in [1.165, 1.54) is 83.8 Å². The van der Waals surface area contributed by atoms with Crippen molar-refractivity contribution in [1.82, 2.24) is 0 Å². The van der Waals surface area contributed by atoms with Gasteiger partial charge in [-0.2, -0.15) is 0 Å². The van der Waals surface area contributed by atoms with Gasteiger partial charge in [-0.3, -0.25) is 0 Å². The molecule has 0 radical (unpaired) electrons. The third-order valence-corrected chi connectivity index (χ3v) is 11.4. The number of nitrogens with zero attached hydrogens (tertiary/aromatic N) is 1. The summed E-state index contributed by atoms with van der Waals surface area (Å²) in [6.45, 7) is 14.5. The third kappa shape index (κ3) is 3.36. The maximum Gasteiger partial charge on any atom is 0.0556 e. The fraction of sp³-hybridized carbons (Fsp3) is 0.200. The van der Waals surface area contributed by atoms with Crippen molar-refractivity contribution in [3.05, 3.63) is 161 Å². The minimum Gasteiger partial charge on any atom is -0.309 e. The summed E-state index contributed by atoms with van der Waals surface area (Å²) < 4.78 is 0. The third-order valence-electron chi connectivity index (χ3n) is 11.4. The molecule has 0 unspecified atom stereocenters. The summed E-state index contributed by atoms with van der Waals surface area (Å²) in [4.78, 5) is 2.63. The quantitative estimate of drug-likeness (QED) is 0.197. The minimum absolute atomic E-state index is 0.0874. The molecule has 0 aliphatic heterocycles. The topological polar surface area (TPSA) is 3.24 Å². The first kappa shape index (κ1) is 27.4. The number of anilines is 3. The summed E-state index contributed by atoms with van der Waals surface area (Å²) >= 11 is 0. The summed E-state index contributed by atoms with van der Waals surface area (Å²) in [6.07, 6.45) is 0. The molecular formula is C45H39N. The molecule has 0 saturated carbocycles. The minimum atomic E-state index is -0.191. The molecule has 46 heavy (non-hydrogen) atoms. The molecule has 0 spiro atoms. The lowest BCUT2D eigenvalue weighted by Crippen LogP contribution is -2.26. The van der Waals surface area contributed by atoms with E-state index >= 15 is 0 Å². The van der Waals surface area contributed by atoms with Crippen molar-refractivity contribution >= 4 is 17.1 Å². The van der Waals surface area contributed by atoms with E-state index in [0.29, 0.717) is 0 Å². The number of benzene rings is 6. The average molecular weight is 594 g/mol. The lowest BCUT2D eigenvalue weighted by molar-refractivity contribution is 0.640. The molecule has 1 nitrogen and oxygen atoms in total. The summed E-state index contributed by atoms with van der Waals surface area (Å²) in [6, 6.07) is 47.8. The van der Waals surface area contributed by atoms with E-state index in [4.69, 9.17) is 0 Å². The van der Waals surface area contributed by atoms with E-state index in [0.717, 1.165) is 0 Å². The van der Waals surface area contributed by atoms with Crippen molar-refractivity contribution < 1.29 is 0 Å². The van der Waals surface area contributed by atoms with Gasteiger partial charge in [-0.15, -0.1) is 0 Å². The number of hydrogen-bond acceptors (Lipinski definition) is 1. The average Bonchev–Trinajstić information content (AvgIpc) is 3.55. The smallest absolute Gasteiger partial charge is 0.0556 e. The van der Waals surface area contributed by atoms with Crippen molar-refractivity contribution in [2.24, 2.45) is 0 Å². The van der Waals surface area contributed by atoms with Gasteiger partial charge >= 0.3 is 0 Å². The van der Waals surface area contributed by atoms with Gasteiger partial charge in [0.25, 0.3) is 0 Å². The van der Waals surface area contributed by atoms with Gasteiger partial charge < -0.3 is 4.90 Å². The Bertz CT molecular complexity index is 2150. The van der Waals surface area contributed by atoms with E-state index < -0.39 is 0 Å². The van der Waals surface area contributed by atoms with E-state index in [1.54, 1.807) is 0 Å². The highest BCUT2D eigenvalue weighted by Crippen LogP contribution is 2.64. The van der Waals surface area contributed by atoms with Crippen LogP contribution in [0.25, 0.3) is 33.4 Å². The van der Waals surface area contributed by atoms with Crippen LogP contribution >= 0.6 is 0 Å². The summed E-state index contributed by atoms with van der Waals surface area (Å²) in [7, 11) is 0. The molecular weight excluding hydrogens is 555 g/mol. The van der Waals surface area contributed by atoms with Crippen molar-refractivity contribution in [3.63, 3.8) is 0 Å². The van der Waals surface area contributed by atoms with E-state index in [2.05, 4.69) is 174 Å². The first-order valence-corrected chi connectivity index (χ1v) is 16.6. The van der Waals surface area contributed by atoms with Crippen LogP contribution in [0.5, 0.6) is 0 Å². The molecule has 0 amide bonds. The van der Waals surface area contributed by atoms with Gasteiger partial charge in [-0.25, -0.2) is 0 Å². The zero-order valence-corrected chi connectivity index (χ0v) is 27.6. The second kappa shape index (κ2) is 9.10. The molecule has 3 aliphatic rings. The van der Waals surface area contributed by atoms with Crippen LogP contribution in [-0.4, -0.2) is 0 Å². The Balaban J connectivity index is 1.47. The molecule has 6 aromatic rings. The Morgan fingerprint density at radius 2 is 0.848 bits per heavy atom. The number of rotatable bonds is 3. The highest BCUT2D eigenvalue weighted by atomic mass is 15.2. The first-order valence-electron chi connectivity index (χ1n) is 16.6.